The summed E-state index contributed by atoms with van der Waals surface area (Å²) in [6.07, 6.45) is 3.17. The van der Waals surface area contributed by atoms with Crippen molar-refractivity contribution < 1.29 is 19.1 Å². The standard InChI is InChI=1S/C18H20BrNO4/c1-17(2)23-15(21)18(16(22)24-17)10-11-6-7-12(19)9-13(11)20-8-4-3-5-14(18)20/h6-7,9,14H,3-5,8,10H2,1-2H3/t14-/m0/s1. The van der Waals surface area contributed by atoms with E-state index in [2.05, 4.69) is 26.9 Å². The Bertz CT molecular complexity index is 710. The first-order chi connectivity index (χ1) is 11.3. The number of nitrogens with zero attached hydrogens (tertiary/aromatic N) is 1. The van der Waals surface area contributed by atoms with Gasteiger partial charge in [0.2, 0.25) is 0 Å². The highest BCUT2D eigenvalue weighted by Gasteiger charge is 2.64. The number of cyclic esters (lactones) is 2. The predicted molar refractivity (Wildman–Crippen MR) is 91.5 cm³/mol. The summed E-state index contributed by atoms with van der Waals surface area (Å²) in [5, 5.41) is 0. The molecule has 3 aliphatic rings. The van der Waals surface area contributed by atoms with Crippen LogP contribution in [0.2, 0.25) is 0 Å². The molecule has 0 unspecified atom stereocenters. The molecule has 1 aromatic rings. The molecule has 5 nitrogen and oxygen atoms in total. The fourth-order valence-corrected chi connectivity index (χ4v) is 4.60. The highest BCUT2D eigenvalue weighted by Crippen LogP contribution is 2.49. The van der Waals surface area contributed by atoms with Crippen LogP contribution in [0.15, 0.2) is 22.7 Å². The fraction of sp³-hybridized carbons (Fsp3) is 0.556. The maximum atomic E-state index is 13.0. The van der Waals surface area contributed by atoms with E-state index >= 15 is 0 Å². The highest BCUT2D eigenvalue weighted by atomic mass is 79.9. The number of halogens is 1. The SMILES string of the molecule is CC1(C)OC(=O)C2(Cc3ccc(Br)cc3N3CCCC[C@H]32)C(=O)O1. The zero-order valence-electron chi connectivity index (χ0n) is 13.8. The number of ether oxygens (including phenoxy) is 2. The zero-order chi connectivity index (χ0) is 17.1. The number of hydrogen-bond donors (Lipinski definition) is 0. The summed E-state index contributed by atoms with van der Waals surface area (Å²) in [6, 6.07) is 5.79. The van der Waals surface area contributed by atoms with E-state index in [-0.39, 0.29) is 6.04 Å². The van der Waals surface area contributed by atoms with Crippen molar-refractivity contribution in [1.82, 2.24) is 0 Å². The predicted octanol–water partition coefficient (Wildman–Crippen LogP) is 3.19. The lowest BCUT2D eigenvalue weighted by Gasteiger charge is -2.53. The lowest BCUT2D eigenvalue weighted by molar-refractivity contribution is -0.253. The van der Waals surface area contributed by atoms with Crippen LogP contribution in [0.5, 0.6) is 0 Å². The molecule has 2 saturated heterocycles. The van der Waals surface area contributed by atoms with Gasteiger partial charge in [-0.1, -0.05) is 22.0 Å². The smallest absolute Gasteiger partial charge is 0.329 e. The van der Waals surface area contributed by atoms with Gasteiger partial charge in [0, 0.05) is 37.0 Å². The first kappa shape index (κ1) is 15.9. The number of fused-ring (bicyclic) bond motifs is 4. The minimum Gasteiger partial charge on any atom is -0.422 e. The molecule has 2 fully saturated rings. The maximum Gasteiger partial charge on any atom is 0.329 e. The molecule has 0 bridgehead atoms. The zero-order valence-corrected chi connectivity index (χ0v) is 15.4. The van der Waals surface area contributed by atoms with E-state index in [0.29, 0.717) is 6.42 Å². The van der Waals surface area contributed by atoms with E-state index in [1.807, 2.05) is 12.1 Å². The summed E-state index contributed by atoms with van der Waals surface area (Å²) in [5.41, 5.74) is 0.839. The van der Waals surface area contributed by atoms with Gasteiger partial charge in [0.25, 0.3) is 5.79 Å². The first-order valence-electron chi connectivity index (χ1n) is 8.35. The first-order valence-corrected chi connectivity index (χ1v) is 9.15. The van der Waals surface area contributed by atoms with E-state index in [9.17, 15) is 9.59 Å². The van der Waals surface area contributed by atoms with Crippen molar-refractivity contribution >= 4 is 33.6 Å². The van der Waals surface area contributed by atoms with Crippen LogP contribution in [0.25, 0.3) is 0 Å². The van der Waals surface area contributed by atoms with Gasteiger partial charge in [0.1, 0.15) is 0 Å². The van der Waals surface area contributed by atoms with E-state index in [1.165, 1.54) is 0 Å². The van der Waals surface area contributed by atoms with Crippen molar-refractivity contribution in [2.24, 2.45) is 5.41 Å². The Morgan fingerprint density at radius 2 is 1.88 bits per heavy atom. The second kappa shape index (κ2) is 5.22. The molecule has 3 aliphatic heterocycles. The van der Waals surface area contributed by atoms with E-state index in [4.69, 9.17) is 9.47 Å². The van der Waals surface area contributed by atoms with Crippen LogP contribution in [0.1, 0.15) is 38.7 Å². The van der Waals surface area contributed by atoms with Crippen LogP contribution in [-0.2, 0) is 25.5 Å². The minimum atomic E-state index is -1.25. The van der Waals surface area contributed by atoms with Crippen LogP contribution < -0.4 is 4.90 Å². The van der Waals surface area contributed by atoms with Gasteiger partial charge in [-0.25, -0.2) is 0 Å². The van der Waals surface area contributed by atoms with Gasteiger partial charge in [-0.3, -0.25) is 9.59 Å². The quantitative estimate of drug-likeness (QED) is 0.500. The largest absolute Gasteiger partial charge is 0.422 e. The molecule has 0 amide bonds. The number of esters is 2. The highest BCUT2D eigenvalue weighted by molar-refractivity contribution is 9.10. The summed E-state index contributed by atoms with van der Waals surface area (Å²) in [6.45, 7) is 4.03. The minimum absolute atomic E-state index is 0.204. The van der Waals surface area contributed by atoms with Crippen molar-refractivity contribution in [1.29, 1.82) is 0 Å². The molecule has 0 aromatic heterocycles. The van der Waals surface area contributed by atoms with Gasteiger partial charge in [-0.05, 0) is 37.0 Å². The summed E-state index contributed by atoms with van der Waals surface area (Å²) < 4.78 is 12.0. The van der Waals surface area contributed by atoms with Crippen LogP contribution in [-0.4, -0.2) is 30.3 Å². The molecule has 6 heteroatoms. The number of carbonyl (C=O) groups excluding carboxylic acids is 2. The lowest BCUT2D eigenvalue weighted by atomic mass is 9.68. The van der Waals surface area contributed by atoms with Gasteiger partial charge in [-0.15, -0.1) is 0 Å². The van der Waals surface area contributed by atoms with Crippen molar-refractivity contribution in [2.75, 3.05) is 11.4 Å². The number of rotatable bonds is 0. The third kappa shape index (κ3) is 2.19. The van der Waals surface area contributed by atoms with Crippen molar-refractivity contribution in [3.05, 3.63) is 28.2 Å². The van der Waals surface area contributed by atoms with Crippen LogP contribution in [0.4, 0.5) is 5.69 Å². The van der Waals surface area contributed by atoms with Crippen molar-refractivity contribution in [2.45, 2.75) is 51.4 Å². The molecule has 128 valence electrons. The maximum absolute atomic E-state index is 13.0. The van der Waals surface area contributed by atoms with E-state index < -0.39 is 23.1 Å². The molecule has 3 heterocycles. The normalized spacial score (nSPS) is 27.1. The Morgan fingerprint density at radius 1 is 1.17 bits per heavy atom. The van der Waals surface area contributed by atoms with Gasteiger partial charge < -0.3 is 14.4 Å². The van der Waals surface area contributed by atoms with Gasteiger partial charge in [0.15, 0.2) is 5.41 Å². The van der Waals surface area contributed by atoms with Crippen LogP contribution in [0.3, 0.4) is 0 Å². The third-order valence-corrected chi connectivity index (χ3v) is 5.80. The molecule has 0 N–H and O–H groups in total. The molecule has 1 spiro atoms. The number of piperidine rings is 1. The van der Waals surface area contributed by atoms with Gasteiger partial charge in [0.05, 0.1) is 6.04 Å². The lowest BCUT2D eigenvalue weighted by Crippen LogP contribution is -2.66. The average Bonchev–Trinajstić information content (AvgIpc) is 2.52. The van der Waals surface area contributed by atoms with E-state index in [1.54, 1.807) is 13.8 Å². The van der Waals surface area contributed by atoms with Gasteiger partial charge in [-0.2, -0.15) is 0 Å². The molecule has 1 aromatic carbocycles. The molecular weight excluding hydrogens is 374 g/mol. The van der Waals surface area contributed by atoms with Crippen molar-refractivity contribution in [3.8, 4) is 0 Å². The summed E-state index contributed by atoms with van der Waals surface area (Å²) in [5.74, 6) is -2.10. The van der Waals surface area contributed by atoms with Crippen molar-refractivity contribution in [3.63, 3.8) is 0 Å². The summed E-state index contributed by atoms with van der Waals surface area (Å²) in [7, 11) is 0. The number of anilines is 1. The Hall–Kier alpha value is -1.56. The molecule has 0 radical (unpaired) electrons. The van der Waals surface area contributed by atoms with Crippen LogP contribution in [0, 0.1) is 5.41 Å². The molecule has 4 rings (SSSR count). The topological polar surface area (TPSA) is 55.8 Å². The third-order valence-electron chi connectivity index (χ3n) is 5.30. The Labute approximate surface area is 149 Å². The van der Waals surface area contributed by atoms with Gasteiger partial charge >= 0.3 is 11.9 Å². The summed E-state index contributed by atoms with van der Waals surface area (Å²) in [4.78, 5) is 28.1. The number of hydrogen-bond acceptors (Lipinski definition) is 5. The molecule has 24 heavy (non-hydrogen) atoms. The monoisotopic (exact) mass is 393 g/mol. The molecule has 1 atom stereocenters. The van der Waals surface area contributed by atoms with E-state index in [0.717, 1.165) is 41.5 Å². The van der Waals surface area contributed by atoms with Crippen LogP contribution >= 0.6 is 15.9 Å². The Kier molecular flexibility index (Phi) is 3.46. The second-order valence-corrected chi connectivity index (χ2v) is 8.22. The number of carbonyl (C=O) groups is 2. The molecule has 0 saturated carbocycles. The fourth-order valence-electron chi connectivity index (χ4n) is 4.25. The molecule has 0 aliphatic carbocycles. The number of benzene rings is 1. The molecular formula is C18H20BrNO4. The second-order valence-electron chi connectivity index (χ2n) is 7.31. The summed E-state index contributed by atoms with van der Waals surface area (Å²) >= 11 is 3.52. The Morgan fingerprint density at radius 3 is 2.58 bits per heavy atom. The average molecular weight is 394 g/mol. The Balaban J connectivity index is 1.86.